The van der Waals surface area contributed by atoms with E-state index in [1.807, 2.05) is 18.2 Å². The molecule has 69 valence electrons. The van der Waals surface area contributed by atoms with Crippen molar-refractivity contribution in [3.63, 3.8) is 0 Å². The Hall–Kier alpha value is -2.10. The monoisotopic (exact) mass is 209 g/mol. The Labute approximate surface area is 91.6 Å². The molecule has 1 aromatic carbocycles. The quantitative estimate of drug-likeness (QED) is 0.724. The Morgan fingerprint density at radius 2 is 2.00 bits per heavy atom. The van der Waals surface area contributed by atoms with Gasteiger partial charge in [0.1, 0.15) is 0 Å². The van der Waals surface area contributed by atoms with Crippen LogP contribution in [-0.2, 0) is 0 Å². The summed E-state index contributed by atoms with van der Waals surface area (Å²) >= 11 is 1.46. The predicted octanol–water partition coefficient (Wildman–Crippen LogP) is 2.96. The van der Waals surface area contributed by atoms with E-state index in [-0.39, 0.29) is 0 Å². The van der Waals surface area contributed by atoms with Crippen molar-refractivity contribution in [3.8, 4) is 22.6 Å². The van der Waals surface area contributed by atoms with Gasteiger partial charge in [-0.15, -0.1) is 11.3 Å². The number of nitrogens with zero attached hydrogens (tertiary/aromatic N) is 2. The summed E-state index contributed by atoms with van der Waals surface area (Å²) in [7, 11) is 0. The fourth-order valence-electron chi connectivity index (χ4n) is 1.31. The maximum atomic E-state index is 8.97. The van der Waals surface area contributed by atoms with E-state index in [1.165, 1.54) is 11.3 Å². The average Bonchev–Trinajstić information content (AvgIpc) is 2.81. The van der Waals surface area contributed by atoms with E-state index in [4.69, 9.17) is 10.5 Å². The third-order valence-corrected chi connectivity index (χ3v) is 2.84. The molecule has 3 heteroatoms. The smallest absolute Gasteiger partial charge is 0.0998 e. The number of hydrogen-bond acceptors (Lipinski definition) is 3. The standard InChI is InChI=1S/C12H5N2S/c13-7-9-3-4-11(10(6-9)8-14)12-2-1-5-15-12/h1-4,6H. The molecule has 0 aliphatic rings. The third-order valence-electron chi connectivity index (χ3n) is 2.01. The second-order valence-electron chi connectivity index (χ2n) is 2.90. The van der Waals surface area contributed by atoms with E-state index in [2.05, 4.69) is 11.4 Å². The minimum absolute atomic E-state index is 0.510. The van der Waals surface area contributed by atoms with E-state index in [9.17, 15) is 0 Å². The molecule has 0 aliphatic heterocycles. The van der Waals surface area contributed by atoms with Gasteiger partial charge in [0, 0.05) is 15.8 Å². The average molecular weight is 209 g/mol. The fraction of sp³-hybridized carbons (Fsp3) is 0. The van der Waals surface area contributed by atoms with Crippen LogP contribution in [-0.4, -0.2) is 0 Å². The molecule has 1 radical (unpaired) electrons. The first-order chi connectivity index (χ1) is 7.35. The van der Waals surface area contributed by atoms with Crippen molar-refractivity contribution in [2.75, 3.05) is 0 Å². The van der Waals surface area contributed by atoms with Gasteiger partial charge in [-0.1, -0.05) is 6.07 Å². The maximum absolute atomic E-state index is 8.97. The first-order valence-corrected chi connectivity index (χ1v) is 5.07. The van der Waals surface area contributed by atoms with E-state index in [0.717, 1.165) is 10.4 Å². The Morgan fingerprint density at radius 1 is 1.13 bits per heavy atom. The highest BCUT2D eigenvalue weighted by atomic mass is 32.1. The van der Waals surface area contributed by atoms with Gasteiger partial charge in [0.2, 0.25) is 0 Å². The highest BCUT2D eigenvalue weighted by Gasteiger charge is 2.06. The van der Waals surface area contributed by atoms with Gasteiger partial charge in [-0.2, -0.15) is 10.5 Å². The van der Waals surface area contributed by atoms with Crippen molar-refractivity contribution in [2.45, 2.75) is 0 Å². The molecule has 15 heavy (non-hydrogen) atoms. The molecule has 0 amide bonds. The highest BCUT2D eigenvalue weighted by Crippen LogP contribution is 2.27. The summed E-state index contributed by atoms with van der Waals surface area (Å²) in [4.78, 5) is 0.996. The normalized spacial score (nSPS) is 9.20. The number of thiophene rings is 1. The first-order valence-electron chi connectivity index (χ1n) is 4.25. The van der Waals surface area contributed by atoms with Gasteiger partial charge in [-0.3, -0.25) is 0 Å². The predicted molar refractivity (Wildman–Crippen MR) is 58.0 cm³/mol. The van der Waals surface area contributed by atoms with Crippen molar-refractivity contribution in [2.24, 2.45) is 0 Å². The minimum Gasteiger partial charge on any atom is -0.192 e. The van der Waals surface area contributed by atoms with Crippen molar-refractivity contribution < 1.29 is 0 Å². The van der Waals surface area contributed by atoms with Crippen LogP contribution in [0, 0.1) is 28.0 Å². The molecule has 0 aliphatic carbocycles. The van der Waals surface area contributed by atoms with Gasteiger partial charge in [-0.25, -0.2) is 0 Å². The molecular weight excluding hydrogens is 204 g/mol. The summed E-state index contributed by atoms with van der Waals surface area (Å²) in [6.07, 6.45) is 0. The van der Waals surface area contributed by atoms with Crippen LogP contribution in [0.2, 0.25) is 0 Å². The summed E-state index contributed by atoms with van der Waals surface area (Å²) in [5.41, 5.74) is 1.91. The van der Waals surface area contributed by atoms with Crippen molar-refractivity contribution in [3.05, 3.63) is 46.8 Å². The van der Waals surface area contributed by atoms with Crippen LogP contribution < -0.4 is 0 Å². The summed E-state index contributed by atoms with van der Waals surface area (Å²) in [6, 6.07) is 13.0. The SMILES string of the molecule is N#Cc1ccc(-c2cc[c]s2)c(C#N)c1. The molecule has 0 unspecified atom stereocenters. The molecule has 0 fully saturated rings. The van der Waals surface area contributed by atoms with Gasteiger partial charge >= 0.3 is 0 Å². The zero-order valence-electron chi connectivity index (χ0n) is 7.69. The minimum atomic E-state index is 0.510. The van der Waals surface area contributed by atoms with Crippen LogP contribution >= 0.6 is 11.3 Å². The Morgan fingerprint density at radius 3 is 2.60 bits per heavy atom. The van der Waals surface area contributed by atoms with Crippen molar-refractivity contribution >= 4 is 11.3 Å². The highest BCUT2D eigenvalue weighted by molar-refractivity contribution is 7.13. The molecule has 2 nitrogen and oxygen atoms in total. The van der Waals surface area contributed by atoms with Crippen LogP contribution in [0.1, 0.15) is 11.1 Å². The zero-order chi connectivity index (χ0) is 10.7. The number of hydrogen-bond donors (Lipinski definition) is 0. The van der Waals surface area contributed by atoms with E-state index < -0.39 is 0 Å². The molecule has 2 aromatic rings. The summed E-state index contributed by atoms with van der Waals surface area (Å²) in [5, 5.41) is 20.7. The summed E-state index contributed by atoms with van der Waals surface area (Å²) in [5.74, 6) is 0. The Balaban J connectivity index is 2.60. The van der Waals surface area contributed by atoms with Crippen LogP contribution in [0.5, 0.6) is 0 Å². The lowest BCUT2D eigenvalue weighted by atomic mass is 10.0. The zero-order valence-corrected chi connectivity index (χ0v) is 8.51. The number of nitriles is 2. The van der Waals surface area contributed by atoms with Gasteiger partial charge in [0.25, 0.3) is 0 Å². The second-order valence-corrected chi connectivity index (χ2v) is 3.78. The molecule has 0 saturated carbocycles. The molecule has 0 saturated heterocycles. The van der Waals surface area contributed by atoms with Crippen molar-refractivity contribution in [1.82, 2.24) is 0 Å². The topological polar surface area (TPSA) is 47.6 Å². The molecule has 1 aromatic heterocycles. The van der Waals surface area contributed by atoms with Gasteiger partial charge in [0.15, 0.2) is 0 Å². The second kappa shape index (κ2) is 3.96. The molecular formula is C12H5N2S. The number of benzene rings is 1. The molecule has 1 heterocycles. The Bertz CT molecular complexity index is 556. The van der Waals surface area contributed by atoms with Crippen LogP contribution in [0.25, 0.3) is 10.4 Å². The lowest BCUT2D eigenvalue weighted by Crippen LogP contribution is -1.83. The van der Waals surface area contributed by atoms with Gasteiger partial charge in [-0.05, 0) is 24.3 Å². The van der Waals surface area contributed by atoms with E-state index in [0.29, 0.717) is 11.1 Å². The van der Waals surface area contributed by atoms with Crippen LogP contribution in [0.4, 0.5) is 0 Å². The van der Waals surface area contributed by atoms with Crippen LogP contribution in [0.15, 0.2) is 30.3 Å². The van der Waals surface area contributed by atoms with E-state index >= 15 is 0 Å². The molecule has 0 atom stereocenters. The first kappa shape index (κ1) is 9.45. The lowest BCUT2D eigenvalue weighted by Gasteiger charge is -2.00. The maximum Gasteiger partial charge on any atom is 0.0998 e. The summed E-state index contributed by atoms with van der Waals surface area (Å²) in [6.45, 7) is 0. The van der Waals surface area contributed by atoms with Crippen LogP contribution in [0.3, 0.4) is 0 Å². The van der Waals surface area contributed by atoms with Gasteiger partial charge in [0.05, 0.1) is 23.3 Å². The molecule has 0 spiro atoms. The van der Waals surface area contributed by atoms with E-state index in [1.54, 1.807) is 18.2 Å². The molecule has 0 bridgehead atoms. The Kier molecular flexibility index (Phi) is 2.49. The van der Waals surface area contributed by atoms with Gasteiger partial charge < -0.3 is 0 Å². The molecule has 0 N–H and O–H groups in total. The lowest BCUT2D eigenvalue weighted by molar-refractivity contribution is 1.45. The largest absolute Gasteiger partial charge is 0.192 e. The third kappa shape index (κ3) is 1.74. The number of rotatable bonds is 1. The summed E-state index contributed by atoms with van der Waals surface area (Å²) < 4.78 is 0. The van der Waals surface area contributed by atoms with Crippen molar-refractivity contribution in [1.29, 1.82) is 10.5 Å². The fourth-order valence-corrected chi connectivity index (χ4v) is 1.99. The molecule has 2 rings (SSSR count).